The van der Waals surface area contributed by atoms with Crippen LogP contribution in [0.1, 0.15) is 1.43 Å². The molecule has 2 N–H and O–H groups in total. The van der Waals surface area contributed by atoms with Gasteiger partial charge in [-0.3, -0.25) is 4.39 Å². The Balaban J connectivity index is 0.000000810. The van der Waals surface area contributed by atoms with Crippen LogP contribution in [-0.4, -0.2) is 30.7 Å². The molecule has 0 aromatic heterocycles. The summed E-state index contributed by atoms with van der Waals surface area (Å²) in [6, 6.07) is -0.445. The molecule has 1 heterocycles. The smallest absolute Gasteiger partial charge is 0.314 e. The molecule has 0 spiro atoms. The number of likely N-dealkylation sites (tertiary alicyclic amines) is 1. The number of nitrogens with zero attached hydrogens (tertiary/aromatic N) is 1. The van der Waals surface area contributed by atoms with Gasteiger partial charge in [-0.15, -0.1) is 0 Å². The Kier molecular flexibility index (Phi) is 1.55. The zero-order valence-corrected chi connectivity index (χ0v) is 5.01. The van der Waals surface area contributed by atoms with Gasteiger partial charge >= 0.3 is 6.03 Å². The molecule has 0 saturated carbocycles. The average molecular weight is 134 g/mol. The van der Waals surface area contributed by atoms with Gasteiger partial charge in [0.15, 0.2) is 0 Å². The molecule has 1 fully saturated rings. The minimum Gasteiger partial charge on any atom is -0.351 e. The van der Waals surface area contributed by atoms with Gasteiger partial charge in [-0.2, -0.15) is 0 Å². The number of carbonyl (C=O) groups is 1. The number of hydrogen-bond donors (Lipinski definition) is 1. The molecule has 1 aliphatic rings. The van der Waals surface area contributed by atoms with Crippen LogP contribution in [0.15, 0.2) is 0 Å². The van der Waals surface area contributed by atoms with Crippen molar-refractivity contribution in [1.82, 2.24) is 4.90 Å². The molecule has 0 aliphatic carbocycles. The fraction of sp³-hybridized carbons (Fsp3) is 0.800. The maximum absolute atomic E-state index is 11.7. The Labute approximate surface area is 54.1 Å². The third kappa shape index (κ3) is 1.12. The Morgan fingerprint density at radius 3 is 2.78 bits per heavy atom. The van der Waals surface area contributed by atoms with Gasteiger partial charge in [0, 0.05) is 20.4 Å². The van der Waals surface area contributed by atoms with Gasteiger partial charge in [0.2, 0.25) is 0 Å². The van der Waals surface area contributed by atoms with Gasteiger partial charge in [0.25, 0.3) is 0 Å². The predicted molar refractivity (Wildman–Crippen MR) is 32.7 cm³/mol. The number of primary amides is 1. The van der Waals surface area contributed by atoms with Crippen LogP contribution >= 0.6 is 0 Å². The average Bonchev–Trinajstić information content (AvgIpc) is 1.61. The maximum atomic E-state index is 11.7. The van der Waals surface area contributed by atoms with Crippen LogP contribution in [-0.2, 0) is 0 Å². The van der Waals surface area contributed by atoms with Gasteiger partial charge in [-0.25, -0.2) is 4.79 Å². The lowest BCUT2D eigenvalue weighted by Crippen LogP contribution is -2.52. The van der Waals surface area contributed by atoms with Crippen LogP contribution in [0.5, 0.6) is 0 Å². The molecule has 1 rings (SSSR count). The van der Waals surface area contributed by atoms with E-state index < -0.39 is 6.03 Å². The summed E-state index contributed by atoms with van der Waals surface area (Å²) in [5.41, 5.74) is 4.88. The summed E-state index contributed by atoms with van der Waals surface area (Å²) in [5.74, 6) is 0.0394. The number of nitrogens with two attached hydrogens (primary N) is 1. The first kappa shape index (κ1) is 6.32. The van der Waals surface area contributed by atoms with Crippen molar-refractivity contribution in [2.45, 2.75) is 0 Å². The first-order chi connectivity index (χ1) is 4.24. The van der Waals surface area contributed by atoms with Crippen molar-refractivity contribution in [2.24, 2.45) is 11.7 Å². The minimum absolute atomic E-state index is 0. The van der Waals surface area contributed by atoms with Gasteiger partial charge in [-0.05, 0) is 0 Å². The SMILES string of the molecule is NC(=O)N1CC(CF)C1.[HH]. The van der Waals surface area contributed by atoms with Crippen LogP contribution in [0.25, 0.3) is 0 Å². The van der Waals surface area contributed by atoms with Crippen LogP contribution < -0.4 is 5.73 Å². The van der Waals surface area contributed by atoms with Crippen molar-refractivity contribution < 1.29 is 10.6 Å². The highest BCUT2D eigenvalue weighted by molar-refractivity contribution is 5.72. The Morgan fingerprint density at radius 1 is 1.89 bits per heavy atom. The lowest BCUT2D eigenvalue weighted by atomic mass is 10.0. The highest BCUT2D eigenvalue weighted by Crippen LogP contribution is 2.14. The molecule has 2 amide bonds. The molecular weight excluding hydrogens is 123 g/mol. The number of halogens is 1. The maximum Gasteiger partial charge on any atom is 0.314 e. The third-order valence-electron chi connectivity index (χ3n) is 1.49. The minimum atomic E-state index is -0.445. The second-order valence-corrected chi connectivity index (χ2v) is 2.26. The molecule has 4 heteroatoms. The highest BCUT2D eigenvalue weighted by Gasteiger charge is 2.28. The Hall–Kier alpha value is -0.800. The monoisotopic (exact) mass is 134 g/mol. The molecule has 9 heavy (non-hydrogen) atoms. The molecule has 3 nitrogen and oxygen atoms in total. The fourth-order valence-corrected chi connectivity index (χ4v) is 0.847. The normalized spacial score (nSPS) is 19.4. The Bertz CT molecular complexity index is 127. The first-order valence-corrected chi connectivity index (χ1v) is 2.84. The fourth-order valence-electron chi connectivity index (χ4n) is 0.847. The molecule has 1 saturated heterocycles. The van der Waals surface area contributed by atoms with Crippen molar-refractivity contribution in [3.63, 3.8) is 0 Å². The van der Waals surface area contributed by atoms with E-state index in [0.717, 1.165) is 0 Å². The molecule has 0 atom stereocenters. The quantitative estimate of drug-likeness (QED) is 0.547. The second kappa shape index (κ2) is 2.21. The van der Waals surface area contributed by atoms with Gasteiger partial charge < -0.3 is 10.6 Å². The standard InChI is InChI=1S/C5H9FN2O.H2/c6-1-4-2-8(3-4)5(7)9;/h4H,1-3H2,(H2,7,9);1H. The van der Waals surface area contributed by atoms with E-state index in [4.69, 9.17) is 5.73 Å². The van der Waals surface area contributed by atoms with Crippen molar-refractivity contribution in [3.8, 4) is 0 Å². The zero-order valence-electron chi connectivity index (χ0n) is 5.01. The molecule has 54 valence electrons. The lowest BCUT2D eigenvalue weighted by Gasteiger charge is -2.36. The van der Waals surface area contributed by atoms with E-state index in [9.17, 15) is 9.18 Å². The van der Waals surface area contributed by atoms with Gasteiger partial charge in [-0.1, -0.05) is 0 Å². The van der Waals surface area contributed by atoms with Crippen molar-refractivity contribution in [2.75, 3.05) is 19.8 Å². The largest absolute Gasteiger partial charge is 0.351 e. The summed E-state index contributed by atoms with van der Waals surface area (Å²) in [6.45, 7) is 0.640. The summed E-state index contributed by atoms with van der Waals surface area (Å²) >= 11 is 0. The molecule has 0 bridgehead atoms. The van der Waals surface area contributed by atoms with E-state index in [-0.39, 0.29) is 14.0 Å². The van der Waals surface area contributed by atoms with E-state index in [0.29, 0.717) is 13.1 Å². The Morgan fingerprint density at radius 2 is 2.44 bits per heavy atom. The third-order valence-corrected chi connectivity index (χ3v) is 1.49. The summed E-state index contributed by atoms with van der Waals surface area (Å²) in [5, 5.41) is 0. The van der Waals surface area contributed by atoms with Crippen LogP contribution in [0.4, 0.5) is 9.18 Å². The highest BCUT2D eigenvalue weighted by atomic mass is 19.1. The lowest BCUT2D eigenvalue weighted by molar-refractivity contribution is 0.110. The summed E-state index contributed by atoms with van der Waals surface area (Å²) in [6.07, 6.45) is 0. The number of amides is 2. The molecule has 0 radical (unpaired) electrons. The summed E-state index contributed by atoms with van der Waals surface area (Å²) in [4.78, 5) is 11.7. The number of rotatable bonds is 1. The topological polar surface area (TPSA) is 46.3 Å². The van der Waals surface area contributed by atoms with Crippen molar-refractivity contribution >= 4 is 6.03 Å². The van der Waals surface area contributed by atoms with Crippen molar-refractivity contribution in [1.29, 1.82) is 0 Å². The predicted octanol–water partition coefficient (Wildman–Crippen LogP) is 0.212. The van der Waals surface area contributed by atoms with E-state index in [1.807, 2.05) is 0 Å². The summed E-state index contributed by atoms with van der Waals surface area (Å²) in [7, 11) is 0. The molecule has 0 unspecified atom stereocenters. The van der Waals surface area contributed by atoms with Gasteiger partial charge in [0.1, 0.15) is 0 Å². The van der Waals surface area contributed by atoms with E-state index >= 15 is 0 Å². The van der Waals surface area contributed by atoms with E-state index in [2.05, 4.69) is 0 Å². The van der Waals surface area contributed by atoms with Crippen LogP contribution in [0.3, 0.4) is 0 Å². The number of urea groups is 1. The van der Waals surface area contributed by atoms with Crippen molar-refractivity contribution in [3.05, 3.63) is 0 Å². The van der Waals surface area contributed by atoms with E-state index in [1.165, 1.54) is 4.90 Å². The molecule has 1 aliphatic heterocycles. The zero-order chi connectivity index (χ0) is 6.85. The van der Waals surface area contributed by atoms with Crippen LogP contribution in [0, 0.1) is 5.92 Å². The number of alkyl halides is 1. The van der Waals surface area contributed by atoms with Gasteiger partial charge in [0.05, 0.1) is 6.67 Å². The van der Waals surface area contributed by atoms with Crippen LogP contribution in [0.2, 0.25) is 0 Å². The number of carbonyl (C=O) groups excluding carboxylic acids is 1. The van der Waals surface area contributed by atoms with E-state index in [1.54, 1.807) is 0 Å². The molecule has 0 aromatic carbocycles. The molecule has 0 aromatic rings. The second-order valence-electron chi connectivity index (χ2n) is 2.26. The summed E-state index contributed by atoms with van der Waals surface area (Å²) < 4.78 is 11.7. The number of hydrogen-bond acceptors (Lipinski definition) is 1. The molecular formula is C5H11FN2O. The first-order valence-electron chi connectivity index (χ1n) is 2.84.